The summed E-state index contributed by atoms with van der Waals surface area (Å²) in [5.74, 6) is 0.747. The highest BCUT2D eigenvalue weighted by Gasteiger charge is 2.09. The second-order valence-corrected chi connectivity index (χ2v) is 5.93. The van der Waals surface area contributed by atoms with Gasteiger partial charge in [-0.05, 0) is 45.9 Å². The van der Waals surface area contributed by atoms with Crippen LogP contribution in [0.2, 0.25) is 0 Å². The van der Waals surface area contributed by atoms with Gasteiger partial charge >= 0.3 is 0 Å². The Balaban J connectivity index is 0.000000647. The molecule has 0 fully saturated rings. The number of aromatic nitrogens is 4. The van der Waals surface area contributed by atoms with Crippen molar-refractivity contribution in [2.24, 2.45) is 4.99 Å². The van der Waals surface area contributed by atoms with E-state index in [1.54, 1.807) is 0 Å². The van der Waals surface area contributed by atoms with Gasteiger partial charge in [-0.25, -0.2) is 9.50 Å². The molecule has 0 aliphatic heterocycles. The summed E-state index contributed by atoms with van der Waals surface area (Å²) in [6, 6.07) is 6.01. The van der Waals surface area contributed by atoms with Crippen molar-refractivity contribution >= 4 is 16.9 Å². The van der Waals surface area contributed by atoms with E-state index in [9.17, 15) is 0 Å². The van der Waals surface area contributed by atoms with Gasteiger partial charge in [0, 0.05) is 17.5 Å². The van der Waals surface area contributed by atoms with Crippen LogP contribution in [0.3, 0.4) is 0 Å². The van der Waals surface area contributed by atoms with Crippen molar-refractivity contribution in [1.29, 1.82) is 0 Å². The summed E-state index contributed by atoms with van der Waals surface area (Å²) in [5.41, 5.74) is 5.74. The second-order valence-electron chi connectivity index (χ2n) is 5.93. The van der Waals surface area contributed by atoms with Gasteiger partial charge in [0.15, 0.2) is 0 Å². The highest BCUT2D eigenvalue weighted by atomic mass is 15.2. The molecule has 0 amide bonds. The highest BCUT2D eigenvalue weighted by Crippen LogP contribution is 2.26. The van der Waals surface area contributed by atoms with E-state index in [1.807, 2.05) is 62.8 Å². The van der Waals surface area contributed by atoms with Gasteiger partial charge in [0.1, 0.15) is 5.82 Å². The summed E-state index contributed by atoms with van der Waals surface area (Å²) < 4.78 is 1.83. The summed E-state index contributed by atoms with van der Waals surface area (Å²) in [6.07, 6.45) is 5.01. The van der Waals surface area contributed by atoms with E-state index in [0.717, 1.165) is 39.7 Å². The van der Waals surface area contributed by atoms with Crippen LogP contribution in [0.15, 0.2) is 35.6 Å². The van der Waals surface area contributed by atoms with E-state index in [4.69, 9.17) is 0 Å². The number of fused-ring (bicyclic) bond motifs is 1. The van der Waals surface area contributed by atoms with Gasteiger partial charge in [0.2, 0.25) is 0 Å². The second kappa shape index (κ2) is 7.81. The van der Waals surface area contributed by atoms with Crippen LogP contribution >= 0.6 is 0 Å². The fourth-order valence-corrected chi connectivity index (χ4v) is 2.27. The van der Waals surface area contributed by atoms with E-state index in [-0.39, 0.29) is 0 Å². The van der Waals surface area contributed by atoms with Crippen molar-refractivity contribution in [2.75, 3.05) is 0 Å². The Kier molecular flexibility index (Phi) is 5.79. The number of aliphatic imine (C=N–C) groups is 1. The lowest BCUT2D eigenvalue weighted by Gasteiger charge is -2.04. The van der Waals surface area contributed by atoms with Crippen LogP contribution in [0.4, 0.5) is 5.69 Å². The van der Waals surface area contributed by atoms with Crippen LogP contribution in [0.1, 0.15) is 45.6 Å². The van der Waals surface area contributed by atoms with Crippen LogP contribution in [-0.2, 0) is 0 Å². The maximum absolute atomic E-state index is 4.67. The fourth-order valence-electron chi connectivity index (χ4n) is 2.27. The molecule has 0 radical (unpaired) electrons. The molecule has 126 valence electrons. The van der Waals surface area contributed by atoms with Crippen LogP contribution in [0, 0.1) is 13.8 Å². The van der Waals surface area contributed by atoms with Gasteiger partial charge in [0.05, 0.1) is 28.8 Å². The largest absolute Gasteiger partial charge is 0.257 e. The molecule has 0 N–H and O–H groups in total. The van der Waals surface area contributed by atoms with E-state index in [1.165, 1.54) is 6.42 Å². The number of nitrogens with zero attached hydrogens (tertiary/aromatic N) is 5. The normalized spacial score (nSPS) is 10.2. The molecule has 0 bridgehead atoms. The molecule has 5 nitrogen and oxygen atoms in total. The third kappa shape index (κ3) is 4.04. The summed E-state index contributed by atoms with van der Waals surface area (Å²) in [4.78, 5) is 13.4. The summed E-state index contributed by atoms with van der Waals surface area (Å²) in [6.45, 7) is 12.1. The van der Waals surface area contributed by atoms with Gasteiger partial charge in [-0.3, -0.25) is 9.98 Å². The van der Waals surface area contributed by atoms with Gasteiger partial charge in [-0.15, -0.1) is 0 Å². The van der Waals surface area contributed by atoms with Crippen molar-refractivity contribution < 1.29 is 0 Å². The van der Waals surface area contributed by atoms with E-state index < -0.39 is 0 Å². The van der Waals surface area contributed by atoms with Crippen LogP contribution in [-0.4, -0.2) is 25.3 Å². The van der Waals surface area contributed by atoms with Gasteiger partial charge in [0.25, 0.3) is 0 Å². The molecule has 5 heteroatoms. The molecule has 3 aromatic heterocycles. The average Bonchev–Trinajstić information content (AvgIpc) is 2.92. The average molecular weight is 323 g/mol. The first kappa shape index (κ1) is 17.8. The molecular weight excluding hydrogens is 298 g/mol. The predicted octanol–water partition coefficient (Wildman–Crippen LogP) is 4.94. The molecule has 0 saturated carbocycles. The van der Waals surface area contributed by atoms with Gasteiger partial charge in [-0.1, -0.05) is 20.3 Å². The number of pyridine rings is 1. The third-order valence-corrected chi connectivity index (χ3v) is 3.21. The molecule has 3 rings (SSSR count). The number of rotatable bonds is 2. The number of hydrogen-bond acceptors (Lipinski definition) is 4. The minimum absolute atomic E-state index is 0.747. The molecule has 0 saturated heterocycles. The zero-order chi connectivity index (χ0) is 17.7. The molecule has 0 atom stereocenters. The van der Waals surface area contributed by atoms with Gasteiger partial charge in [-0.2, -0.15) is 5.10 Å². The lowest BCUT2D eigenvalue weighted by molar-refractivity contribution is 0.857. The van der Waals surface area contributed by atoms with Crippen molar-refractivity contribution in [3.05, 3.63) is 42.1 Å². The summed E-state index contributed by atoms with van der Waals surface area (Å²) in [7, 11) is 0. The lowest BCUT2D eigenvalue weighted by atomic mass is 10.1. The monoisotopic (exact) mass is 323 g/mol. The molecule has 3 heterocycles. The standard InChI is InChI=1S/C16H17N5.C3H8/c1-10(2)18-14-5-6-15(19-11(14)3)13-7-8-21-16(13)9-17-12(4)20-21;1-3-2/h5-9H,1-4H3;3H2,1-2H3. The Labute approximate surface area is 143 Å². The van der Waals surface area contributed by atoms with E-state index >= 15 is 0 Å². The Morgan fingerprint density at radius 1 is 1.12 bits per heavy atom. The minimum atomic E-state index is 0.747. The molecular formula is C19H25N5. The lowest BCUT2D eigenvalue weighted by Crippen LogP contribution is -1.96. The van der Waals surface area contributed by atoms with E-state index in [0.29, 0.717) is 0 Å². The third-order valence-electron chi connectivity index (χ3n) is 3.21. The highest BCUT2D eigenvalue weighted by molar-refractivity contribution is 5.83. The number of aryl methyl sites for hydroxylation is 2. The van der Waals surface area contributed by atoms with Crippen LogP contribution in [0.5, 0.6) is 0 Å². The molecule has 3 aromatic rings. The smallest absolute Gasteiger partial charge is 0.146 e. The summed E-state index contributed by atoms with van der Waals surface area (Å²) in [5, 5.41) is 4.36. The first-order chi connectivity index (χ1) is 11.5. The Hall–Kier alpha value is -2.56. The van der Waals surface area contributed by atoms with Crippen LogP contribution in [0.25, 0.3) is 16.8 Å². The molecule has 0 unspecified atom stereocenters. The summed E-state index contributed by atoms with van der Waals surface area (Å²) >= 11 is 0. The van der Waals surface area contributed by atoms with Crippen molar-refractivity contribution in [3.8, 4) is 11.3 Å². The van der Waals surface area contributed by atoms with Gasteiger partial charge < -0.3 is 0 Å². The maximum Gasteiger partial charge on any atom is 0.146 e. The van der Waals surface area contributed by atoms with Crippen molar-refractivity contribution in [1.82, 2.24) is 19.6 Å². The van der Waals surface area contributed by atoms with Crippen molar-refractivity contribution in [2.45, 2.75) is 48.0 Å². The van der Waals surface area contributed by atoms with Crippen LogP contribution < -0.4 is 0 Å². The Bertz CT molecular complexity index is 857. The SMILES string of the molecule is CC(C)=Nc1ccc(-c2ccn3nc(C)ncc23)nc1C.CCC. The van der Waals surface area contributed by atoms with Crippen molar-refractivity contribution in [3.63, 3.8) is 0 Å². The maximum atomic E-state index is 4.67. The Morgan fingerprint density at radius 3 is 2.46 bits per heavy atom. The first-order valence-corrected chi connectivity index (χ1v) is 8.27. The zero-order valence-electron chi connectivity index (χ0n) is 15.3. The molecule has 0 aliphatic rings. The molecule has 24 heavy (non-hydrogen) atoms. The molecule has 0 spiro atoms. The van der Waals surface area contributed by atoms with E-state index in [2.05, 4.69) is 33.9 Å². The zero-order valence-corrected chi connectivity index (χ0v) is 15.3. The predicted molar refractivity (Wildman–Crippen MR) is 100 cm³/mol. The number of hydrogen-bond donors (Lipinski definition) is 0. The minimum Gasteiger partial charge on any atom is -0.257 e. The molecule has 0 aromatic carbocycles. The first-order valence-electron chi connectivity index (χ1n) is 8.27. The Morgan fingerprint density at radius 2 is 1.83 bits per heavy atom. The topological polar surface area (TPSA) is 55.4 Å². The fraction of sp³-hybridized carbons (Fsp3) is 0.368. The quantitative estimate of drug-likeness (QED) is 0.628. The molecule has 0 aliphatic carbocycles.